The van der Waals surface area contributed by atoms with Crippen LogP contribution in [0.1, 0.15) is 17.5 Å². The van der Waals surface area contributed by atoms with E-state index in [0.29, 0.717) is 6.54 Å². The van der Waals surface area contributed by atoms with Gasteiger partial charge in [-0.15, -0.1) is 0 Å². The van der Waals surface area contributed by atoms with Gasteiger partial charge in [0, 0.05) is 13.0 Å². The molecule has 80 valence electrons. The maximum atomic E-state index is 10.4. The Morgan fingerprint density at radius 1 is 1.40 bits per heavy atom. The van der Waals surface area contributed by atoms with Crippen LogP contribution in [0, 0.1) is 0 Å². The molecule has 0 amide bonds. The second-order valence-electron chi connectivity index (χ2n) is 4.38. The molecule has 1 aromatic rings. The summed E-state index contributed by atoms with van der Waals surface area (Å²) in [5.41, 5.74) is 1.59. The Kier molecular flexibility index (Phi) is 1.97. The summed E-state index contributed by atoms with van der Waals surface area (Å²) in [5, 5.41) is 13.6. The minimum atomic E-state index is -0.669. The maximum absolute atomic E-state index is 10.4. The van der Waals surface area contributed by atoms with Crippen molar-refractivity contribution < 1.29 is 9.84 Å². The van der Waals surface area contributed by atoms with E-state index in [1.54, 1.807) is 0 Å². The Hall–Kier alpha value is -1.06. The van der Waals surface area contributed by atoms with Crippen LogP contribution in [0.25, 0.3) is 0 Å². The second-order valence-corrected chi connectivity index (χ2v) is 4.38. The Balaban J connectivity index is 1.98. The Morgan fingerprint density at radius 2 is 2.33 bits per heavy atom. The van der Waals surface area contributed by atoms with Gasteiger partial charge in [-0.25, -0.2) is 0 Å². The Bertz CT molecular complexity index is 383. The van der Waals surface area contributed by atoms with E-state index < -0.39 is 5.60 Å². The summed E-state index contributed by atoms with van der Waals surface area (Å²) in [7, 11) is 0. The number of nitrogens with one attached hydrogen (secondary N) is 1. The SMILES string of the molecule is OC1(c2ccc3c(c2)CCO3)CCNC1. The summed E-state index contributed by atoms with van der Waals surface area (Å²) in [6.45, 7) is 2.33. The highest BCUT2D eigenvalue weighted by molar-refractivity contribution is 5.42. The van der Waals surface area contributed by atoms with E-state index in [4.69, 9.17) is 4.74 Å². The minimum absolute atomic E-state index is 0.659. The van der Waals surface area contributed by atoms with Crippen molar-refractivity contribution in [3.8, 4) is 5.75 Å². The zero-order valence-corrected chi connectivity index (χ0v) is 8.62. The van der Waals surface area contributed by atoms with Crippen LogP contribution in [0.4, 0.5) is 0 Å². The lowest BCUT2D eigenvalue weighted by Gasteiger charge is -2.22. The molecular formula is C12H15NO2. The summed E-state index contributed by atoms with van der Waals surface area (Å²) < 4.78 is 5.45. The predicted octanol–water partition coefficient (Wildman–Crippen LogP) is 0.802. The van der Waals surface area contributed by atoms with Crippen LogP contribution >= 0.6 is 0 Å². The molecule has 1 saturated heterocycles. The number of benzene rings is 1. The highest BCUT2D eigenvalue weighted by atomic mass is 16.5. The van der Waals surface area contributed by atoms with Gasteiger partial charge in [0.2, 0.25) is 0 Å². The zero-order valence-electron chi connectivity index (χ0n) is 8.62. The van der Waals surface area contributed by atoms with Gasteiger partial charge in [0.1, 0.15) is 11.4 Å². The monoisotopic (exact) mass is 205 g/mol. The average Bonchev–Trinajstić information content (AvgIpc) is 2.85. The standard InChI is InChI=1S/C12H15NO2/c14-12(4-5-13-8-12)10-1-2-11-9(7-10)3-6-15-11/h1-2,7,13-14H,3-6,8H2. The van der Waals surface area contributed by atoms with Gasteiger partial charge in [-0.05, 0) is 36.2 Å². The van der Waals surface area contributed by atoms with Crippen LogP contribution in [0.5, 0.6) is 5.75 Å². The van der Waals surface area contributed by atoms with Crippen LogP contribution in [0.15, 0.2) is 18.2 Å². The number of ether oxygens (including phenoxy) is 1. The lowest BCUT2D eigenvalue weighted by Crippen LogP contribution is -2.28. The van der Waals surface area contributed by atoms with E-state index in [0.717, 1.165) is 37.3 Å². The van der Waals surface area contributed by atoms with Gasteiger partial charge in [0.15, 0.2) is 0 Å². The highest BCUT2D eigenvalue weighted by Crippen LogP contribution is 2.33. The number of hydrogen-bond donors (Lipinski definition) is 2. The zero-order chi connectivity index (χ0) is 10.3. The van der Waals surface area contributed by atoms with Gasteiger partial charge in [0.05, 0.1) is 6.61 Å². The fourth-order valence-electron chi connectivity index (χ4n) is 2.40. The van der Waals surface area contributed by atoms with Crippen molar-refractivity contribution in [3.63, 3.8) is 0 Å². The molecule has 3 nitrogen and oxygen atoms in total. The van der Waals surface area contributed by atoms with Crippen molar-refractivity contribution in [2.75, 3.05) is 19.7 Å². The Morgan fingerprint density at radius 3 is 3.13 bits per heavy atom. The molecule has 2 N–H and O–H groups in total. The topological polar surface area (TPSA) is 41.5 Å². The molecule has 2 aliphatic rings. The predicted molar refractivity (Wildman–Crippen MR) is 57.0 cm³/mol. The molecule has 0 bridgehead atoms. The van der Waals surface area contributed by atoms with Crippen molar-refractivity contribution in [1.29, 1.82) is 0 Å². The normalized spacial score (nSPS) is 28.9. The molecule has 2 aliphatic heterocycles. The van der Waals surface area contributed by atoms with E-state index in [1.165, 1.54) is 5.56 Å². The van der Waals surface area contributed by atoms with E-state index in [1.807, 2.05) is 12.1 Å². The van der Waals surface area contributed by atoms with Crippen molar-refractivity contribution in [2.45, 2.75) is 18.4 Å². The van der Waals surface area contributed by atoms with Crippen molar-refractivity contribution >= 4 is 0 Å². The highest BCUT2D eigenvalue weighted by Gasteiger charge is 2.33. The Labute approximate surface area is 89.1 Å². The second kappa shape index (κ2) is 3.22. The summed E-state index contributed by atoms with van der Waals surface area (Å²) >= 11 is 0. The number of aliphatic hydroxyl groups is 1. The summed E-state index contributed by atoms with van der Waals surface area (Å²) in [6, 6.07) is 6.06. The van der Waals surface area contributed by atoms with Crippen molar-refractivity contribution in [3.05, 3.63) is 29.3 Å². The fraction of sp³-hybridized carbons (Fsp3) is 0.500. The van der Waals surface area contributed by atoms with Crippen LogP contribution in [-0.4, -0.2) is 24.8 Å². The first-order valence-electron chi connectivity index (χ1n) is 5.47. The van der Waals surface area contributed by atoms with Gasteiger partial charge in [0.25, 0.3) is 0 Å². The smallest absolute Gasteiger partial charge is 0.122 e. The molecule has 1 fully saturated rings. The molecule has 1 atom stereocenters. The molecule has 0 aromatic heterocycles. The fourth-order valence-corrected chi connectivity index (χ4v) is 2.40. The van der Waals surface area contributed by atoms with Gasteiger partial charge in [-0.2, -0.15) is 0 Å². The molecule has 3 rings (SSSR count). The van der Waals surface area contributed by atoms with Crippen LogP contribution in [-0.2, 0) is 12.0 Å². The summed E-state index contributed by atoms with van der Waals surface area (Å²) in [5.74, 6) is 0.980. The van der Waals surface area contributed by atoms with E-state index >= 15 is 0 Å². The first-order valence-corrected chi connectivity index (χ1v) is 5.47. The molecule has 1 unspecified atom stereocenters. The third-order valence-corrected chi connectivity index (χ3v) is 3.36. The first kappa shape index (κ1) is 9.19. The number of hydrogen-bond acceptors (Lipinski definition) is 3. The van der Waals surface area contributed by atoms with Crippen LogP contribution in [0.3, 0.4) is 0 Å². The lowest BCUT2D eigenvalue weighted by atomic mass is 9.91. The summed E-state index contributed by atoms with van der Waals surface area (Å²) in [6.07, 6.45) is 1.76. The van der Waals surface area contributed by atoms with Crippen LogP contribution in [0.2, 0.25) is 0 Å². The van der Waals surface area contributed by atoms with Crippen molar-refractivity contribution in [2.24, 2.45) is 0 Å². The molecule has 0 aliphatic carbocycles. The molecule has 1 aromatic carbocycles. The molecule has 0 spiro atoms. The quantitative estimate of drug-likeness (QED) is 0.712. The number of fused-ring (bicyclic) bond motifs is 1. The molecule has 15 heavy (non-hydrogen) atoms. The average molecular weight is 205 g/mol. The molecule has 0 radical (unpaired) electrons. The van der Waals surface area contributed by atoms with Gasteiger partial charge >= 0.3 is 0 Å². The minimum Gasteiger partial charge on any atom is -0.493 e. The van der Waals surface area contributed by atoms with Gasteiger partial charge in [-0.3, -0.25) is 0 Å². The molecule has 3 heteroatoms. The molecule has 2 heterocycles. The van der Waals surface area contributed by atoms with Gasteiger partial charge in [-0.1, -0.05) is 6.07 Å². The third-order valence-electron chi connectivity index (χ3n) is 3.36. The van der Waals surface area contributed by atoms with E-state index in [2.05, 4.69) is 11.4 Å². The first-order chi connectivity index (χ1) is 7.28. The van der Waals surface area contributed by atoms with Crippen molar-refractivity contribution in [1.82, 2.24) is 5.32 Å². The largest absolute Gasteiger partial charge is 0.493 e. The van der Waals surface area contributed by atoms with E-state index in [-0.39, 0.29) is 0 Å². The molecular weight excluding hydrogens is 190 g/mol. The maximum Gasteiger partial charge on any atom is 0.122 e. The van der Waals surface area contributed by atoms with Crippen LogP contribution < -0.4 is 10.1 Å². The number of rotatable bonds is 1. The lowest BCUT2D eigenvalue weighted by molar-refractivity contribution is 0.0587. The van der Waals surface area contributed by atoms with E-state index in [9.17, 15) is 5.11 Å². The summed E-state index contributed by atoms with van der Waals surface area (Å²) in [4.78, 5) is 0. The number of β-amino-alcohol motifs (C(OH)–C–C–N with tert-alkyl or cyclic N) is 1. The van der Waals surface area contributed by atoms with Gasteiger partial charge < -0.3 is 15.2 Å². The third kappa shape index (κ3) is 1.43. The molecule has 0 saturated carbocycles.